The lowest BCUT2D eigenvalue weighted by atomic mass is 9.92. The molecule has 0 aromatic rings. The van der Waals surface area contributed by atoms with Crippen LogP contribution in [0.15, 0.2) is 0 Å². The predicted molar refractivity (Wildman–Crippen MR) is 91.9 cm³/mol. The van der Waals surface area contributed by atoms with E-state index in [0.29, 0.717) is 32.1 Å². The molecule has 0 aromatic heterocycles. The van der Waals surface area contributed by atoms with Crippen LogP contribution in [-0.2, 0) is 9.53 Å². The first-order valence-electron chi connectivity index (χ1n) is 8.74. The molecule has 0 aromatic carbocycles. The summed E-state index contributed by atoms with van der Waals surface area (Å²) in [6.45, 7) is 5.64. The van der Waals surface area contributed by atoms with Gasteiger partial charge in [-0.2, -0.15) is 13.2 Å². The fourth-order valence-corrected chi connectivity index (χ4v) is 3.38. The van der Waals surface area contributed by atoms with E-state index in [1.54, 1.807) is 0 Å². The Morgan fingerprint density at radius 1 is 1.24 bits per heavy atom. The number of piperazine rings is 1. The third-order valence-electron chi connectivity index (χ3n) is 4.69. The number of rotatable bonds is 6. The Morgan fingerprint density at radius 3 is 2.52 bits per heavy atom. The highest BCUT2D eigenvalue weighted by molar-refractivity contribution is 5.85. The second kappa shape index (κ2) is 10.5. The Bertz CT molecular complexity index is 405. The van der Waals surface area contributed by atoms with Gasteiger partial charge in [0.05, 0.1) is 0 Å². The van der Waals surface area contributed by atoms with E-state index >= 15 is 0 Å². The molecule has 148 valence electrons. The molecule has 0 saturated carbocycles. The minimum atomic E-state index is -4.25. The highest BCUT2D eigenvalue weighted by Gasteiger charge is 2.30. The standard InChI is InChI=1S/C16H28F3N3O2.ClH/c1-13-11-14(3-4-20-13)15(23)22-8-6-21(7-9-22)5-2-10-24-12-16(17,18)19;/h13-14,20H,2-12H2,1H3;1H/t13-,14-;/m0./s1. The number of piperidine rings is 1. The summed E-state index contributed by atoms with van der Waals surface area (Å²) in [6.07, 6.45) is -1.87. The molecule has 0 bridgehead atoms. The SMILES string of the molecule is C[C@H]1C[C@@H](C(=O)N2CCN(CCCOCC(F)(F)F)CC2)CCN1.Cl. The van der Waals surface area contributed by atoms with E-state index in [1.165, 1.54) is 0 Å². The molecular weight excluding hydrogens is 359 g/mol. The van der Waals surface area contributed by atoms with Gasteiger partial charge in [-0.15, -0.1) is 12.4 Å². The van der Waals surface area contributed by atoms with Crippen LogP contribution in [0.2, 0.25) is 0 Å². The van der Waals surface area contributed by atoms with Crippen molar-refractivity contribution in [2.45, 2.75) is 38.4 Å². The van der Waals surface area contributed by atoms with Crippen LogP contribution in [0.5, 0.6) is 0 Å². The van der Waals surface area contributed by atoms with Crippen molar-refractivity contribution in [2.24, 2.45) is 5.92 Å². The van der Waals surface area contributed by atoms with E-state index in [9.17, 15) is 18.0 Å². The molecule has 2 fully saturated rings. The van der Waals surface area contributed by atoms with E-state index < -0.39 is 12.8 Å². The van der Waals surface area contributed by atoms with Crippen molar-refractivity contribution in [2.75, 3.05) is 52.5 Å². The minimum Gasteiger partial charge on any atom is -0.372 e. The van der Waals surface area contributed by atoms with E-state index in [4.69, 9.17) is 0 Å². The van der Waals surface area contributed by atoms with Gasteiger partial charge in [-0.1, -0.05) is 0 Å². The first-order chi connectivity index (χ1) is 11.3. The minimum absolute atomic E-state index is 0. The van der Waals surface area contributed by atoms with Crippen molar-refractivity contribution in [3.63, 3.8) is 0 Å². The number of nitrogens with zero attached hydrogens (tertiary/aromatic N) is 2. The molecule has 0 unspecified atom stereocenters. The number of ether oxygens (including phenoxy) is 1. The van der Waals surface area contributed by atoms with Gasteiger partial charge in [-0.3, -0.25) is 9.69 Å². The van der Waals surface area contributed by atoms with E-state index in [2.05, 4.69) is 21.9 Å². The van der Waals surface area contributed by atoms with Crippen LogP contribution in [-0.4, -0.2) is 80.4 Å². The summed E-state index contributed by atoms with van der Waals surface area (Å²) in [5.41, 5.74) is 0. The number of carbonyl (C=O) groups is 1. The van der Waals surface area contributed by atoms with Crippen LogP contribution in [0.4, 0.5) is 13.2 Å². The molecule has 2 aliphatic heterocycles. The van der Waals surface area contributed by atoms with Crippen molar-refractivity contribution in [1.29, 1.82) is 0 Å². The molecule has 0 radical (unpaired) electrons. The van der Waals surface area contributed by atoms with Gasteiger partial charge in [0, 0.05) is 51.3 Å². The number of alkyl halides is 3. The van der Waals surface area contributed by atoms with Gasteiger partial charge >= 0.3 is 6.18 Å². The molecule has 2 rings (SSSR count). The van der Waals surface area contributed by atoms with Crippen LogP contribution in [0.1, 0.15) is 26.2 Å². The Morgan fingerprint density at radius 2 is 1.92 bits per heavy atom. The summed E-state index contributed by atoms with van der Waals surface area (Å²) < 4.78 is 40.5. The molecule has 0 aliphatic carbocycles. The Balaban J connectivity index is 0.00000312. The summed E-state index contributed by atoms with van der Waals surface area (Å²) in [7, 11) is 0. The normalized spacial score (nSPS) is 25.5. The molecule has 2 atom stereocenters. The summed E-state index contributed by atoms with van der Waals surface area (Å²) in [5.74, 6) is 0.389. The smallest absolute Gasteiger partial charge is 0.372 e. The molecule has 25 heavy (non-hydrogen) atoms. The lowest BCUT2D eigenvalue weighted by Gasteiger charge is -2.38. The molecule has 5 nitrogen and oxygen atoms in total. The van der Waals surface area contributed by atoms with E-state index in [0.717, 1.165) is 32.5 Å². The average molecular weight is 388 g/mol. The van der Waals surface area contributed by atoms with Gasteiger partial charge in [0.15, 0.2) is 0 Å². The maximum absolute atomic E-state index is 12.6. The lowest BCUT2D eigenvalue weighted by molar-refractivity contribution is -0.174. The van der Waals surface area contributed by atoms with E-state index in [1.807, 2.05) is 4.90 Å². The van der Waals surface area contributed by atoms with E-state index in [-0.39, 0.29) is 30.8 Å². The van der Waals surface area contributed by atoms with Gasteiger partial charge in [0.2, 0.25) is 5.91 Å². The summed E-state index contributed by atoms with van der Waals surface area (Å²) >= 11 is 0. The number of halogens is 4. The van der Waals surface area contributed by atoms with Gasteiger partial charge in [0.1, 0.15) is 6.61 Å². The first-order valence-corrected chi connectivity index (χ1v) is 8.74. The summed E-state index contributed by atoms with van der Waals surface area (Å²) in [6, 6.07) is 0.394. The molecular formula is C16H29ClF3N3O2. The second-order valence-electron chi connectivity index (χ2n) is 6.76. The molecule has 2 saturated heterocycles. The van der Waals surface area contributed by atoms with Gasteiger partial charge < -0.3 is 15.0 Å². The highest BCUT2D eigenvalue weighted by atomic mass is 35.5. The largest absolute Gasteiger partial charge is 0.411 e. The first kappa shape index (κ1) is 22.5. The van der Waals surface area contributed by atoms with Gasteiger partial charge in [0.25, 0.3) is 0 Å². The Labute approximate surface area is 153 Å². The number of hydrogen-bond acceptors (Lipinski definition) is 4. The quantitative estimate of drug-likeness (QED) is 0.707. The van der Waals surface area contributed by atoms with Crippen LogP contribution < -0.4 is 5.32 Å². The molecule has 0 spiro atoms. The average Bonchev–Trinajstić information content (AvgIpc) is 2.53. The van der Waals surface area contributed by atoms with Crippen molar-refractivity contribution in [3.8, 4) is 0 Å². The molecule has 1 amide bonds. The van der Waals surface area contributed by atoms with Crippen LogP contribution in [0, 0.1) is 5.92 Å². The van der Waals surface area contributed by atoms with Crippen molar-refractivity contribution < 1.29 is 22.7 Å². The number of hydrogen-bond donors (Lipinski definition) is 1. The van der Waals surface area contributed by atoms with Gasteiger partial charge in [-0.05, 0) is 32.7 Å². The number of carbonyl (C=O) groups excluding carboxylic acids is 1. The van der Waals surface area contributed by atoms with Crippen LogP contribution in [0.25, 0.3) is 0 Å². The summed E-state index contributed by atoms with van der Waals surface area (Å²) in [4.78, 5) is 16.7. The summed E-state index contributed by atoms with van der Waals surface area (Å²) in [5, 5.41) is 3.36. The lowest BCUT2D eigenvalue weighted by Crippen LogP contribution is -2.52. The zero-order valence-electron chi connectivity index (χ0n) is 14.7. The zero-order chi connectivity index (χ0) is 17.6. The van der Waals surface area contributed by atoms with Gasteiger partial charge in [-0.25, -0.2) is 0 Å². The van der Waals surface area contributed by atoms with Crippen molar-refractivity contribution in [3.05, 3.63) is 0 Å². The molecule has 1 N–H and O–H groups in total. The Hall–Kier alpha value is -0.570. The zero-order valence-corrected chi connectivity index (χ0v) is 15.5. The highest BCUT2D eigenvalue weighted by Crippen LogP contribution is 2.20. The van der Waals surface area contributed by atoms with Crippen molar-refractivity contribution in [1.82, 2.24) is 15.1 Å². The number of amides is 1. The second-order valence-corrected chi connectivity index (χ2v) is 6.76. The Kier molecular flexibility index (Phi) is 9.48. The third kappa shape index (κ3) is 8.11. The molecule has 2 heterocycles. The maximum Gasteiger partial charge on any atom is 0.411 e. The monoisotopic (exact) mass is 387 g/mol. The third-order valence-corrected chi connectivity index (χ3v) is 4.69. The maximum atomic E-state index is 12.6. The molecule has 9 heteroatoms. The predicted octanol–water partition coefficient (Wildman–Crippen LogP) is 1.91. The van der Waals surface area contributed by atoms with Crippen LogP contribution in [0.3, 0.4) is 0 Å². The van der Waals surface area contributed by atoms with Crippen molar-refractivity contribution >= 4 is 18.3 Å². The topological polar surface area (TPSA) is 44.8 Å². The fraction of sp³-hybridized carbons (Fsp3) is 0.938. The number of nitrogens with one attached hydrogen (secondary N) is 1. The molecule has 2 aliphatic rings. The fourth-order valence-electron chi connectivity index (χ4n) is 3.38. The van der Waals surface area contributed by atoms with Crippen LogP contribution >= 0.6 is 12.4 Å².